The Balaban J connectivity index is 1.14. The lowest BCUT2D eigenvalue weighted by Gasteiger charge is -2.36. The molecule has 2 aromatic carbocycles. The fourth-order valence-corrected chi connectivity index (χ4v) is 6.61. The molecule has 2 aliphatic heterocycles. The SMILES string of the molecule is O=C(CC1Cc2ccccc2S1)N1CCN(c2ccc(S(=O)(=O)Nc3ccncn3)cc2)CC1. The minimum atomic E-state index is -3.73. The molecule has 0 radical (unpaired) electrons. The number of nitrogens with zero attached hydrogens (tertiary/aromatic N) is 4. The Bertz CT molecular complexity index is 1240. The summed E-state index contributed by atoms with van der Waals surface area (Å²) >= 11 is 1.81. The zero-order chi connectivity index (χ0) is 23.5. The summed E-state index contributed by atoms with van der Waals surface area (Å²) in [5, 5.41) is 0.313. The van der Waals surface area contributed by atoms with Crippen molar-refractivity contribution in [2.75, 3.05) is 35.8 Å². The predicted molar refractivity (Wildman–Crippen MR) is 132 cm³/mol. The van der Waals surface area contributed by atoms with Gasteiger partial charge >= 0.3 is 0 Å². The molecule has 3 heterocycles. The highest BCUT2D eigenvalue weighted by Gasteiger charge is 2.28. The van der Waals surface area contributed by atoms with Crippen molar-refractivity contribution in [2.45, 2.75) is 27.9 Å². The number of sulfonamides is 1. The number of rotatable bonds is 6. The van der Waals surface area contributed by atoms with Crippen LogP contribution in [0.2, 0.25) is 0 Å². The van der Waals surface area contributed by atoms with Crippen LogP contribution in [0.5, 0.6) is 0 Å². The van der Waals surface area contributed by atoms with E-state index in [1.807, 2.05) is 22.7 Å². The van der Waals surface area contributed by atoms with Gasteiger partial charge in [-0.3, -0.25) is 9.52 Å². The number of thioether (sulfide) groups is 1. The standard InChI is InChI=1S/C24H25N5O3S2/c30-24(16-20-15-18-3-1-2-4-22(18)33-20)29-13-11-28(12-14-29)19-5-7-21(8-6-19)34(31,32)27-23-9-10-25-17-26-23/h1-10,17,20H,11-16H2,(H,25,26,27). The van der Waals surface area contributed by atoms with Gasteiger partial charge in [-0.1, -0.05) is 18.2 Å². The molecule has 2 aliphatic rings. The number of amides is 1. The van der Waals surface area contributed by atoms with Crippen LogP contribution in [-0.4, -0.2) is 60.6 Å². The summed E-state index contributed by atoms with van der Waals surface area (Å²) < 4.78 is 27.6. The highest BCUT2D eigenvalue weighted by atomic mass is 32.2. The number of carbonyl (C=O) groups is 1. The van der Waals surface area contributed by atoms with Gasteiger partial charge in [0, 0.05) is 54.6 Å². The van der Waals surface area contributed by atoms with E-state index in [-0.39, 0.29) is 16.6 Å². The van der Waals surface area contributed by atoms with E-state index in [9.17, 15) is 13.2 Å². The van der Waals surface area contributed by atoms with Crippen LogP contribution in [-0.2, 0) is 21.2 Å². The maximum Gasteiger partial charge on any atom is 0.263 e. The van der Waals surface area contributed by atoms with Gasteiger partial charge in [0.05, 0.1) is 4.90 Å². The third-order valence-corrected chi connectivity index (χ3v) is 8.77. The van der Waals surface area contributed by atoms with E-state index in [4.69, 9.17) is 0 Å². The van der Waals surface area contributed by atoms with Crippen LogP contribution < -0.4 is 9.62 Å². The summed E-state index contributed by atoms with van der Waals surface area (Å²) in [6, 6.07) is 16.7. The smallest absolute Gasteiger partial charge is 0.263 e. The van der Waals surface area contributed by atoms with Gasteiger partial charge in [0.2, 0.25) is 5.91 Å². The van der Waals surface area contributed by atoms with Crippen molar-refractivity contribution in [1.29, 1.82) is 0 Å². The van der Waals surface area contributed by atoms with Crippen LogP contribution in [0.1, 0.15) is 12.0 Å². The van der Waals surface area contributed by atoms with Gasteiger partial charge in [-0.2, -0.15) is 0 Å². The highest BCUT2D eigenvalue weighted by Crippen LogP contribution is 2.38. The van der Waals surface area contributed by atoms with E-state index >= 15 is 0 Å². The van der Waals surface area contributed by atoms with Crippen molar-refractivity contribution in [2.24, 2.45) is 0 Å². The minimum Gasteiger partial charge on any atom is -0.368 e. The number of anilines is 2. The van der Waals surface area contributed by atoms with Crippen molar-refractivity contribution < 1.29 is 13.2 Å². The molecular formula is C24H25N5O3S2. The Morgan fingerprint density at radius 2 is 1.79 bits per heavy atom. The van der Waals surface area contributed by atoms with E-state index < -0.39 is 10.0 Å². The molecule has 1 fully saturated rings. The lowest BCUT2D eigenvalue weighted by molar-refractivity contribution is -0.131. The summed E-state index contributed by atoms with van der Waals surface area (Å²) in [6.07, 6.45) is 4.28. The van der Waals surface area contributed by atoms with Crippen molar-refractivity contribution >= 4 is 39.2 Å². The second kappa shape index (κ2) is 9.63. The first-order valence-corrected chi connectivity index (χ1v) is 13.5. The lowest BCUT2D eigenvalue weighted by atomic mass is 10.1. The van der Waals surface area contributed by atoms with Gasteiger partial charge in [-0.05, 0) is 48.4 Å². The molecule has 1 aromatic heterocycles. The monoisotopic (exact) mass is 495 g/mol. The Labute approximate surface area is 203 Å². The third-order valence-electron chi connectivity index (χ3n) is 6.08. The Morgan fingerprint density at radius 3 is 2.50 bits per heavy atom. The van der Waals surface area contributed by atoms with Crippen LogP contribution in [0.4, 0.5) is 11.5 Å². The zero-order valence-corrected chi connectivity index (χ0v) is 20.1. The number of nitrogens with one attached hydrogen (secondary N) is 1. The molecule has 0 bridgehead atoms. The van der Waals surface area contributed by atoms with E-state index in [2.05, 4.69) is 37.8 Å². The van der Waals surface area contributed by atoms with E-state index in [1.165, 1.54) is 29.0 Å². The van der Waals surface area contributed by atoms with Gasteiger partial charge in [0.25, 0.3) is 10.0 Å². The first kappa shape index (κ1) is 22.7. The maximum absolute atomic E-state index is 12.9. The highest BCUT2D eigenvalue weighted by molar-refractivity contribution is 8.00. The van der Waals surface area contributed by atoms with Crippen molar-refractivity contribution in [1.82, 2.24) is 14.9 Å². The van der Waals surface area contributed by atoms with E-state index in [1.54, 1.807) is 24.3 Å². The van der Waals surface area contributed by atoms with Gasteiger partial charge in [0.1, 0.15) is 12.1 Å². The molecule has 5 rings (SSSR count). The van der Waals surface area contributed by atoms with Crippen LogP contribution in [0.15, 0.2) is 76.9 Å². The summed E-state index contributed by atoms with van der Waals surface area (Å²) in [4.78, 5) is 26.1. The third kappa shape index (κ3) is 5.02. The van der Waals surface area contributed by atoms with Crippen LogP contribution >= 0.6 is 11.8 Å². The second-order valence-electron chi connectivity index (χ2n) is 8.32. The molecule has 1 amide bonds. The Hall–Kier alpha value is -3.11. The summed E-state index contributed by atoms with van der Waals surface area (Å²) in [5.41, 5.74) is 2.28. The Morgan fingerprint density at radius 1 is 1.03 bits per heavy atom. The molecule has 0 saturated carbocycles. The van der Waals surface area contributed by atoms with Crippen LogP contribution in [0, 0.1) is 0 Å². The quantitative estimate of drug-likeness (QED) is 0.562. The predicted octanol–water partition coefficient (Wildman–Crippen LogP) is 3.03. The first-order valence-electron chi connectivity index (χ1n) is 11.1. The Kier molecular flexibility index (Phi) is 6.42. The normalized spacial score (nSPS) is 17.9. The molecule has 1 saturated heterocycles. The molecule has 10 heteroatoms. The molecule has 3 aromatic rings. The largest absolute Gasteiger partial charge is 0.368 e. The average molecular weight is 496 g/mol. The number of fused-ring (bicyclic) bond motifs is 1. The maximum atomic E-state index is 12.9. The molecule has 8 nitrogen and oxygen atoms in total. The van der Waals surface area contributed by atoms with Crippen LogP contribution in [0.3, 0.4) is 0 Å². The molecular weight excluding hydrogens is 470 g/mol. The molecule has 1 N–H and O–H groups in total. The van der Waals surface area contributed by atoms with Gasteiger partial charge < -0.3 is 9.80 Å². The summed E-state index contributed by atoms with van der Waals surface area (Å²) in [6.45, 7) is 2.76. The average Bonchev–Trinajstić information content (AvgIpc) is 3.27. The van der Waals surface area contributed by atoms with E-state index in [0.717, 1.165) is 25.2 Å². The number of hydrogen-bond acceptors (Lipinski definition) is 7. The first-order chi connectivity index (χ1) is 16.5. The van der Waals surface area contributed by atoms with Crippen LogP contribution in [0.25, 0.3) is 0 Å². The molecule has 1 atom stereocenters. The molecule has 176 valence electrons. The molecule has 1 unspecified atom stereocenters. The fraction of sp³-hybridized carbons (Fsp3) is 0.292. The fourth-order valence-electron chi connectivity index (χ4n) is 4.29. The lowest BCUT2D eigenvalue weighted by Crippen LogP contribution is -2.49. The number of benzene rings is 2. The molecule has 0 aliphatic carbocycles. The number of piperazine rings is 1. The van der Waals surface area contributed by atoms with E-state index in [0.29, 0.717) is 24.8 Å². The van der Waals surface area contributed by atoms with Gasteiger partial charge in [-0.25, -0.2) is 18.4 Å². The minimum absolute atomic E-state index is 0.165. The number of carbonyl (C=O) groups excluding carboxylic acids is 1. The zero-order valence-electron chi connectivity index (χ0n) is 18.5. The van der Waals surface area contributed by atoms with Crippen molar-refractivity contribution in [3.63, 3.8) is 0 Å². The van der Waals surface area contributed by atoms with Gasteiger partial charge in [-0.15, -0.1) is 11.8 Å². The topological polar surface area (TPSA) is 95.5 Å². The second-order valence-corrected chi connectivity index (χ2v) is 11.3. The van der Waals surface area contributed by atoms with Gasteiger partial charge in [0.15, 0.2) is 0 Å². The molecule has 0 spiro atoms. The number of aromatic nitrogens is 2. The summed E-state index contributed by atoms with van der Waals surface area (Å²) in [7, 11) is -3.73. The number of hydrogen-bond donors (Lipinski definition) is 1. The summed E-state index contributed by atoms with van der Waals surface area (Å²) in [5.74, 6) is 0.432. The van der Waals surface area contributed by atoms with Crippen molar-refractivity contribution in [3.8, 4) is 0 Å². The molecule has 34 heavy (non-hydrogen) atoms. The van der Waals surface area contributed by atoms with Crippen molar-refractivity contribution in [3.05, 3.63) is 72.7 Å².